The van der Waals surface area contributed by atoms with Crippen LogP contribution in [0.5, 0.6) is 0 Å². The highest BCUT2D eigenvalue weighted by Gasteiger charge is 2.33. The van der Waals surface area contributed by atoms with E-state index in [4.69, 9.17) is 5.11 Å². The van der Waals surface area contributed by atoms with E-state index in [1.54, 1.807) is 10.4 Å². The Bertz CT molecular complexity index is 594. The first-order valence-electron chi connectivity index (χ1n) is 7.20. The van der Waals surface area contributed by atoms with Crippen LogP contribution >= 0.6 is 11.3 Å². The van der Waals surface area contributed by atoms with E-state index in [-0.39, 0.29) is 12.5 Å². The Morgan fingerprint density at radius 2 is 2.24 bits per heavy atom. The quantitative estimate of drug-likeness (QED) is 0.870. The van der Waals surface area contributed by atoms with Gasteiger partial charge in [-0.05, 0) is 49.6 Å². The second-order valence-corrected chi connectivity index (χ2v) is 8.52. The molecule has 0 saturated carbocycles. The molecule has 1 aromatic rings. The minimum atomic E-state index is -3.44. The largest absolute Gasteiger partial charge is 0.481 e. The molecule has 1 N–H and O–H groups in total. The molecule has 0 amide bonds. The minimum absolute atomic E-state index is 0.0643. The summed E-state index contributed by atoms with van der Waals surface area (Å²) >= 11 is 1.26. The van der Waals surface area contributed by atoms with Gasteiger partial charge in [0.25, 0.3) is 10.0 Å². The summed E-state index contributed by atoms with van der Waals surface area (Å²) in [5.41, 5.74) is 0.956. The second-order valence-electron chi connectivity index (χ2n) is 5.49. The number of rotatable bonds is 6. The summed E-state index contributed by atoms with van der Waals surface area (Å²) in [6.07, 6.45) is 3.95. The first-order valence-corrected chi connectivity index (χ1v) is 9.52. The van der Waals surface area contributed by atoms with E-state index in [0.29, 0.717) is 23.6 Å². The molecule has 0 bridgehead atoms. The van der Waals surface area contributed by atoms with E-state index in [1.165, 1.54) is 11.3 Å². The Kier molecular flexibility index (Phi) is 5.40. The van der Waals surface area contributed by atoms with Crippen LogP contribution in [0, 0.1) is 6.92 Å². The number of sulfonamides is 1. The third-order valence-corrected chi connectivity index (χ3v) is 7.26. The van der Waals surface area contributed by atoms with Crippen molar-refractivity contribution in [1.82, 2.24) is 4.31 Å². The molecule has 1 aromatic heterocycles. The van der Waals surface area contributed by atoms with Gasteiger partial charge in [-0.25, -0.2) is 8.42 Å². The number of carboxylic acids is 1. The third-order valence-electron chi connectivity index (χ3n) is 3.77. The van der Waals surface area contributed by atoms with Gasteiger partial charge in [-0.3, -0.25) is 4.79 Å². The Balaban J connectivity index is 2.12. The Morgan fingerprint density at radius 3 is 2.86 bits per heavy atom. The molecule has 1 atom stereocenters. The molecule has 118 valence electrons. The van der Waals surface area contributed by atoms with Gasteiger partial charge >= 0.3 is 5.97 Å². The number of hydrogen-bond acceptors (Lipinski definition) is 4. The molecule has 1 aliphatic heterocycles. The van der Waals surface area contributed by atoms with Crippen molar-refractivity contribution in [1.29, 1.82) is 0 Å². The number of nitrogens with zero attached hydrogens (tertiary/aromatic N) is 1. The first kappa shape index (κ1) is 16.5. The molecule has 21 heavy (non-hydrogen) atoms. The predicted octanol–water partition coefficient (Wildman–Crippen LogP) is 2.85. The molecule has 2 heterocycles. The molecular weight excluding hydrogens is 310 g/mol. The van der Waals surface area contributed by atoms with Crippen LogP contribution in [0.3, 0.4) is 0 Å². The summed E-state index contributed by atoms with van der Waals surface area (Å²) in [5, 5.41) is 10.6. The lowest BCUT2D eigenvalue weighted by Gasteiger charge is -2.34. The van der Waals surface area contributed by atoms with Crippen molar-refractivity contribution in [2.24, 2.45) is 0 Å². The molecule has 5 nitrogen and oxygen atoms in total. The molecule has 0 aromatic carbocycles. The number of carboxylic acid groups (broad SMARTS) is 1. The number of thiophene rings is 1. The third kappa shape index (κ3) is 4.05. The highest BCUT2D eigenvalue weighted by Crippen LogP contribution is 2.30. The molecule has 1 aliphatic rings. The summed E-state index contributed by atoms with van der Waals surface area (Å²) in [7, 11) is -3.44. The zero-order chi connectivity index (χ0) is 15.5. The summed E-state index contributed by atoms with van der Waals surface area (Å²) in [6.45, 7) is 2.42. The topological polar surface area (TPSA) is 74.7 Å². The van der Waals surface area contributed by atoms with Gasteiger partial charge in [0, 0.05) is 19.0 Å². The number of hydrogen-bond donors (Lipinski definition) is 1. The smallest absolute Gasteiger partial charge is 0.303 e. The average Bonchev–Trinajstić information content (AvgIpc) is 2.86. The van der Waals surface area contributed by atoms with Crippen molar-refractivity contribution < 1.29 is 18.3 Å². The maximum atomic E-state index is 12.7. The van der Waals surface area contributed by atoms with E-state index in [2.05, 4.69) is 0 Å². The van der Waals surface area contributed by atoms with E-state index in [9.17, 15) is 13.2 Å². The van der Waals surface area contributed by atoms with Gasteiger partial charge in [-0.1, -0.05) is 6.42 Å². The van der Waals surface area contributed by atoms with E-state index in [1.807, 2.05) is 12.3 Å². The van der Waals surface area contributed by atoms with E-state index < -0.39 is 16.0 Å². The van der Waals surface area contributed by atoms with Gasteiger partial charge in [0.05, 0.1) is 0 Å². The minimum Gasteiger partial charge on any atom is -0.481 e. The monoisotopic (exact) mass is 331 g/mol. The Labute approximate surface area is 129 Å². The molecule has 0 aliphatic carbocycles. The normalized spacial score (nSPS) is 20.5. The molecule has 2 rings (SSSR count). The Hall–Kier alpha value is -0.920. The Morgan fingerprint density at radius 1 is 1.48 bits per heavy atom. The van der Waals surface area contributed by atoms with Gasteiger partial charge in [-0.15, -0.1) is 11.3 Å². The van der Waals surface area contributed by atoms with E-state index >= 15 is 0 Å². The first-order chi connectivity index (χ1) is 9.91. The maximum absolute atomic E-state index is 12.7. The fourth-order valence-electron chi connectivity index (χ4n) is 2.72. The van der Waals surface area contributed by atoms with Crippen LogP contribution in [0.1, 0.15) is 44.1 Å². The fraction of sp³-hybridized carbons (Fsp3) is 0.643. The zero-order valence-electron chi connectivity index (χ0n) is 12.1. The van der Waals surface area contributed by atoms with Crippen molar-refractivity contribution in [3.63, 3.8) is 0 Å². The standard InChI is InChI=1S/C14H21NO4S2/c1-11-9-14(20-10-11)21(18,19)15-8-3-2-5-12(15)6-4-7-13(16)17/h9-10,12H,2-8H2,1H3,(H,16,17). The summed E-state index contributed by atoms with van der Waals surface area (Å²) in [4.78, 5) is 10.6. The summed E-state index contributed by atoms with van der Waals surface area (Å²) < 4.78 is 27.4. The van der Waals surface area contributed by atoms with Crippen LogP contribution in [0.4, 0.5) is 0 Å². The van der Waals surface area contributed by atoms with Gasteiger partial charge < -0.3 is 5.11 Å². The van der Waals surface area contributed by atoms with Gasteiger partial charge in [0.2, 0.25) is 0 Å². The highest BCUT2D eigenvalue weighted by molar-refractivity contribution is 7.91. The van der Waals surface area contributed by atoms with Gasteiger partial charge in [0.1, 0.15) is 4.21 Å². The number of carbonyl (C=O) groups is 1. The summed E-state index contributed by atoms with van der Waals surface area (Å²) in [6, 6.07) is 1.65. The van der Waals surface area contributed by atoms with Crippen molar-refractivity contribution >= 4 is 27.3 Å². The summed E-state index contributed by atoms with van der Waals surface area (Å²) in [5.74, 6) is -0.825. The van der Waals surface area contributed by atoms with Crippen LogP contribution in [0.2, 0.25) is 0 Å². The molecule has 1 saturated heterocycles. The molecule has 0 radical (unpaired) electrons. The molecule has 1 unspecified atom stereocenters. The molecule has 1 fully saturated rings. The fourth-order valence-corrected chi connectivity index (χ4v) is 5.80. The van der Waals surface area contributed by atoms with Gasteiger partial charge in [0.15, 0.2) is 0 Å². The van der Waals surface area contributed by atoms with Crippen molar-refractivity contribution in [2.45, 2.75) is 55.7 Å². The lowest BCUT2D eigenvalue weighted by molar-refractivity contribution is -0.137. The molecule has 7 heteroatoms. The van der Waals surface area contributed by atoms with E-state index in [0.717, 1.165) is 24.8 Å². The zero-order valence-corrected chi connectivity index (χ0v) is 13.8. The van der Waals surface area contributed by atoms with Crippen LogP contribution in [0.15, 0.2) is 15.7 Å². The van der Waals surface area contributed by atoms with Crippen LogP contribution in [0.25, 0.3) is 0 Å². The number of aliphatic carboxylic acids is 1. The SMILES string of the molecule is Cc1csc(S(=O)(=O)N2CCCCC2CCCC(=O)O)c1. The van der Waals surface area contributed by atoms with Crippen LogP contribution in [-0.4, -0.2) is 36.4 Å². The van der Waals surface area contributed by atoms with Crippen molar-refractivity contribution in [3.05, 3.63) is 17.0 Å². The second kappa shape index (κ2) is 6.89. The number of piperidine rings is 1. The number of aryl methyl sites for hydroxylation is 1. The molecule has 0 spiro atoms. The van der Waals surface area contributed by atoms with Crippen LogP contribution in [-0.2, 0) is 14.8 Å². The van der Waals surface area contributed by atoms with Gasteiger partial charge in [-0.2, -0.15) is 4.31 Å². The molecular formula is C14H21NO4S2. The maximum Gasteiger partial charge on any atom is 0.303 e. The van der Waals surface area contributed by atoms with Crippen molar-refractivity contribution in [3.8, 4) is 0 Å². The predicted molar refractivity (Wildman–Crippen MR) is 82.1 cm³/mol. The highest BCUT2D eigenvalue weighted by atomic mass is 32.2. The van der Waals surface area contributed by atoms with Crippen molar-refractivity contribution in [2.75, 3.05) is 6.54 Å². The lowest BCUT2D eigenvalue weighted by Crippen LogP contribution is -2.43. The average molecular weight is 331 g/mol. The van der Waals surface area contributed by atoms with Crippen LogP contribution < -0.4 is 0 Å². The lowest BCUT2D eigenvalue weighted by atomic mass is 10.00.